The first-order valence-electron chi connectivity index (χ1n) is 6.94. The summed E-state index contributed by atoms with van der Waals surface area (Å²) >= 11 is 1.43. The van der Waals surface area contributed by atoms with Crippen molar-refractivity contribution in [3.63, 3.8) is 0 Å². The van der Waals surface area contributed by atoms with Gasteiger partial charge in [0.25, 0.3) is 5.91 Å². The van der Waals surface area contributed by atoms with E-state index in [1.54, 1.807) is 11.8 Å². The Morgan fingerprint density at radius 1 is 1.50 bits per heavy atom. The van der Waals surface area contributed by atoms with Crippen molar-refractivity contribution < 1.29 is 14.7 Å². The van der Waals surface area contributed by atoms with E-state index in [1.165, 1.54) is 11.3 Å². The molecule has 6 heteroatoms. The first-order valence-corrected chi connectivity index (χ1v) is 7.75. The molecule has 0 aromatic carbocycles. The first kappa shape index (κ1) is 15.0. The van der Waals surface area contributed by atoms with Gasteiger partial charge in [-0.25, -0.2) is 4.98 Å². The number of carbonyl (C=O) groups excluding carboxylic acids is 1. The summed E-state index contributed by atoms with van der Waals surface area (Å²) in [6.07, 6.45) is 2.75. The molecule has 0 spiro atoms. The van der Waals surface area contributed by atoms with Crippen molar-refractivity contribution in [3.05, 3.63) is 15.6 Å². The molecular weight excluding hydrogens is 276 g/mol. The Balaban J connectivity index is 2.18. The van der Waals surface area contributed by atoms with Gasteiger partial charge in [-0.15, -0.1) is 11.3 Å². The van der Waals surface area contributed by atoms with E-state index in [2.05, 4.69) is 4.98 Å². The van der Waals surface area contributed by atoms with E-state index in [-0.39, 0.29) is 18.5 Å². The Morgan fingerprint density at radius 3 is 2.60 bits per heavy atom. The summed E-state index contributed by atoms with van der Waals surface area (Å²) in [6.45, 7) is 5.77. The highest BCUT2D eigenvalue weighted by molar-refractivity contribution is 7.13. The topological polar surface area (TPSA) is 70.5 Å². The predicted octanol–water partition coefficient (Wildman–Crippen LogP) is 2.34. The Labute approximate surface area is 122 Å². The van der Waals surface area contributed by atoms with Gasteiger partial charge in [0, 0.05) is 12.6 Å². The maximum absolute atomic E-state index is 12.6. The monoisotopic (exact) mass is 296 g/mol. The molecule has 5 nitrogen and oxygen atoms in total. The molecule has 1 unspecified atom stereocenters. The van der Waals surface area contributed by atoms with Crippen LogP contribution in [-0.2, 0) is 11.2 Å². The van der Waals surface area contributed by atoms with Gasteiger partial charge in [-0.05, 0) is 26.2 Å². The molecule has 2 rings (SSSR count). The van der Waals surface area contributed by atoms with E-state index in [1.807, 2.05) is 13.8 Å². The highest BCUT2D eigenvalue weighted by Gasteiger charge is 2.36. The number of aromatic nitrogens is 1. The lowest BCUT2D eigenvalue weighted by atomic mass is 10.1. The molecule has 1 aromatic rings. The molecule has 0 bridgehead atoms. The van der Waals surface area contributed by atoms with Gasteiger partial charge in [-0.1, -0.05) is 13.8 Å². The number of carboxylic acids is 1. The van der Waals surface area contributed by atoms with Gasteiger partial charge >= 0.3 is 5.97 Å². The molecule has 1 aliphatic rings. The second-order valence-corrected chi connectivity index (χ2v) is 6.39. The molecule has 1 aromatic heterocycles. The lowest BCUT2D eigenvalue weighted by molar-refractivity contribution is -0.141. The van der Waals surface area contributed by atoms with Crippen molar-refractivity contribution in [2.24, 2.45) is 5.92 Å². The van der Waals surface area contributed by atoms with Crippen molar-refractivity contribution in [1.29, 1.82) is 0 Å². The Morgan fingerprint density at radius 2 is 2.15 bits per heavy atom. The quantitative estimate of drug-likeness (QED) is 0.874. The summed E-state index contributed by atoms with van der Waals surface area (Å²) in [5.74, 6) is -1.47. The molecule has 1 atom stereocenters. The lowest BCUT2D eigenvalue weighted by Crippen LogP contribution is -2.38. The number of aliphatic carboxylic acids is 1. The zero-order valence-electron chi connectivity index (χ0n) is 12.0. The highest BCUT2D eigenvalue weighted by atomic mass is 32.1. The minimum Gasteiger partial charge on any atom is -0.481 e. The number of thiazole rings is 1. The fourth-order valence-electron chi connectivity index (χ4n) is 2.09. The minimum absolute atomic E-state index is 0.0599. The van der Waals surface area contributed by atoms with E-state index in [9.17, 15) is 9.59 Å². The summed E-state index contributed by atoms with van der Waals surface area (Å²) in [5, 5.41) is 9.99. The molecule has 0 aliphatic heterocycles. The van der Waals surface area contributed by atoms with Crippen LogP contribution in [0.5, 0.6) is 0 Å². The fraction of sp³-hybridized carbons (Fsp3) is 0.643. The molecule has 110 valence electrons. The fourth-order valence-corrected chi connectivity index (χ4v) is 3.05. The molecule has 1 saturated carbocycles. The number of nitrogens with zero attached hydrogens (tertiary/aromatic N) is 2. The summed E-state index contributed by atoms with van der Waals surface area (Å²) < 4.78 is 0. The maximum Gasteiger partial charge on any atom is 0.308 e. The second-order valence-electron chi connectivity index (χ2n) is 5.30. The first-order chi connectivity index (χ1) is 9.43. The van der Waals surface area contributed by atoms with Crippen molar-refractivity contribution in [3.8, 4) is 0 Å². The van der Waals surface area contributed by atoms with Gasteiger partial charge in [-0.3, -0.25) is 9.59 Å². The van der Waals surface area contributed by atoms with Crippen LogP contribution in [0.15, 0.2) is 0 Å². The van der Waals surface area contributed by atoms with Gasteiger partial charge < -0.3 is 10.0 Å². The molecule has 0 saturated heterocycles. The third-order valence-corrected chi connectivity index (χ3v) is 4.77. The molecule has 20 heavy (non-hydrogen) atoms. The van der Waals surface area contributed by atoms with E-state index in [0.29, 0.717) is 4.88 Å². The molecule has 1 heterocycles. The van der Waals surface area contributed by atoms with Crippen molar-refractivity contribution in [2.75, 3.05) is 6.54 Å². The van der Waals surface area contributed by atoms with Gasteiger partial charge in [0.1, 0.15) is 4.88 Å². The predicted molar refractivity (Wildman–Crippen MR) is 77.1 cm³/mol. The number of carbonyl (C=O) groups is 2. The second kappa shape index (κ2) is 5.91. The molecule has 1 N–H and O–H groups in total. The number of hydrogen-bond donors (Lipinski definition) is 1. The Hall–Kier alpha value is -1.43. The van der Waals surface area contributed by atoms with Gasteiger partial charge in [0.05, 0.1) is 16.6 Å². The minimum atomic E-state index is -0.862. The van der Waals surface area contributed by atoms with E-state index in [0.717, 1.165) is 30.0 Å². The molecular formula is C14H20N2O3S. The summed E-state index contributed by atoms with van der Waals surface area (Å²) in [4.78, 5) is 30.4. The van der Waals surface area contributed by atoms with Crippen LogP contribution in [0.4, 0.5) is 0 Å². The van der Waals surface area contributed by atoms with Crippen LogP contribution in [0.3, 0.4) is 0 Å². The van der Waals surface area contributed by atoms with E-state index >= 15 is 0 Å². The van der Waals surface area contributed by atoms with E-state index < -0.39 is 11.9 Å². The van der Waals surface area contributed by atoms with Crippen LogP contribution < -0.4 is 0 Å². The SMILES string of the molecule is CCc1nc(C)c(C(=O)N(CC(C)C(=O)O)C2CC2)s1. The number of amides is 1. The van der Waals surface area contributed by atoms with E-state index in [4.69, 9.17) is 5.11 Å². The third kappa shape index (κ3) is 3.17. The Kier molecular flexibility index (Phi) is 4.42. The largest absolute Gasteiger partial charge is 0.481 e. The van der Waals surface area contributed by atoms with Crippen LogP contribution in [0.1, 0.15) is 47.1 Å². The molecule has 1 aliphatic carbocycles. The zero-order chi connectivity index (χ0) is 14.9. The molecule has 1 fully saturated rings. The summed E-state index contributed by atoms with van der Waals surface area (Å²) in [6, 6.07) is 0.205. The molecule has 1 amide bonds. The Bertz CT molecular complexity index is 522. The average molecular weight is 296 g/mol. The number of hydrogen-bond acceptors (Lipinski definition) is 4. The van der Waals surface area contributed by atoms with Crippen LogP contribution in [0.25, 0.3) is 0 Å². The van der Waals surface area contributed by atoms with Crippen LogP contribution in [-0.4, -0.2) is 39.5 Å². The van der Waals surface area contributed by atoms with Gasteiger partial charge in [0.2, 0.25) is 0 Å². The normalized spacial score (nSPS) is 15.9. The van der Waals surface area contributed by atoms with Crippen molar-refractivity contribution in [2.45, 2.75) is 46.1 Å². The average Bonchev–Trinajstić information content (AvgIpc) is 3.17. The summed E-state index contributed by atoms with van der Waals surface area (Å²) in [5.41, 5.74) is 0.755. The van der Waals surface area contributed by atoms with Gasteiger partial charge in [-0.2, -0.15) is 0 Å². The number of rotatable bonds is 6. The highest BCUT2D eigenvalue weighted by Crippen LogP contribution is 2.31. The smallest absolute Gasteiger partial charge is 0.308 e. The van der Waals surface area contributed by atoms with Crippen LogP contribution >= 0.6 is 11.3 Å². The van der Waals surface area contributed by atoms with Crippen molar-refractivity contribution >= 4 is 23.2 Å². The van der Waals surface area contributed by atoms with Crippen LogP contribution in [0, 0.1) is 12.8 Å². The van der Waals surface area contributed by atoms with Crippen LogP contribution in [0.2, 0.25) is 0 Å². The molecule has 0 radical (unpaired) electrons. The number of aryl methyl sites for hydroxylation is 2. The maximum atomic E-state index is 12.6. The summed E-state index contributed by atoms with van der Waals surface area (Å²) in [7, 11) is 0. The van der Waals surface area contributed by atoms with Gasteiger partial charge in [0.15, 0.2) is 0 Å². The lowest BCUT2D eigenvalue weighted by Gasteiger charge is -2.23. The zero-order valence-corrected chi connectivity index (χ0v) is 12.9. The third-order valence-electron chi connectivity index (χ3n) is 3.48. The number of carboxylic acid groups (broad SMARTS) is 1. The standard InChI is InChI=1S/C14H20N2O3S/c1-4-11-15-9(3)12(20-11)13(17)16(10-5-6-10)7-8(2)14(18)19/h8,10H,4-7H2,1-3H3,(H,18,19). The van der Waals surface area contributed by atoms with Crippen molar-refractivity contribution in [1.82, 2.24) is 9.88 Å².